The van der Waals surface area contributed by atoms with Crippen LogP contribution in [-0.2, 0) is 21.2 Å². The largest absolute Gasteiger partial charge is 0.497 e. The van der Waals surface area contributed by atoms with Crippen LogP contribution in [0.1, 0.15) is 5.56 Å². The third-order valence-electron chi connectivity index (χ3n) is 5.01. The van der Waals surface area contributed by atoms with E-state index in [1.165, 1.54) is 11.8 Å². The average Bonchev–Trinajstić information content (AvgIpc) is 3.19. The predicted octanol–water partition coefficient (Wildman–Crippen LogP) is 2.37. The Balaban J connectivity index is 1.51. The lowest BCUT2D eigenvalue weighted by Gasteiger charge is -2.24. The van der Waals surface area contributed by atoms with Crippen LogP contribution in [0.15, 0.2) is 59.6 Å². The van der Waals surface area contributed by atoms with E-state index < -0.39 is 15.7 Å². The highest BCUT2D eigenvalue weighted by molar-refractivity contribution is 8.15. The number of amidine groups is 1. The Kier molecular flexibility index (Phi) is 6.01. The number of hydrogen-bond acceptors (Lipinski definition) is 6. The first kappa shape index (κ1) is 20.7. The van der Waals surface area contributed by atoms with E-state index in [2.05, 4.69) is 4.99 Å². The molecule has 0 bridgehead atoms. The maximum absolute atomic E-state index is 12.4. The molecule has 2 atom stereocenters. The molecule has 0 saturated carbocycles. The summed E-state index contributed by atoms with van der Waals surface area (Å²) in [4.78, 5) is 18.6. The van der Waals surface area contributed by atoms with Crippen molar-refractivity contribution in [2.45, 2.75) is 17.8 Å². The summed E-state index contributed by atoms with van der Waals surface area (Å²) in [6.07, 6.45) is 0. The number of carbonyl (C=O) groups excluding carboxylic acids is 1. The van der Waals surface area contributed by atoms with Gasteiger partial charge in [0.25, 0.3) is 5.91 Å². The number of benzene rings is 2. The fraction of sp³-hybridized carbons (Fsp3) is 0.333. The maximum Gasteiger partial charge on any atom is 0.285 e. The highest BCUT2D eigenvalue weighted by Gasteiger charge is 2.48. The third kappa shape index (κ3) is 4.79. The second-order valence-corrected chi connectivity index (χ2v) is 10.5. The molecule has 2 aromatic rings. The molecule has 30 heavy (non-hydrogen) atoms. The summed E-state index contributed by atoms with van der Waals surface area (Å²) in [5.41, 5.74) is 0.988. The first-order valence-electron chi connectivity index (χ1n) is 9.49. The molecule has 2 aromatic carbocycles. The van der Waals surface area contributed by atoms with Crippen LogP contribution in [0.4, 0.5) is 0 Å². The second-order valence-electron chi connectivity index (χ2n) is 7.17. The number of carbonyl (C=O) groups is 1. The summed E-state index contributed by atoms with van der Waals surface area (Å²) in [6, 6.07) is 16.5. The molecule has 158 valence electrons. The SMILES string of the molecule is COc1ccc(CN2C(=NC(=O)COc3ccccc3)S[C@@H]3CS(=O)(=O)C[C@H]32)cc1. The number of thioether (sulfide) groups is 1. The molecule has 2 saturated heterocycles. The average molecular weight is 447 g/mol. The van der Waals surface area contributed by atoms with Crippen molar-refractivity contribution in [1.82, 2.24) is 4.90 Å². The number of para-hydroxylation sites is 1. The van der Waals surface area contributed by atoms with E-state index >= 15 is 0 Å². The van der Waals surface area contributed by atoms with Gasteiger partial charge in [-0.15, -0.1) is 0 Å². The van der Waals surface area contributed by atoms with Gasteiger partial charge in [0.15, 0.2) is 21.6 Å². The third-order valence-corrected chi connectivity index (χ3v) is 8.26. The van der Waals surface area contributed by atoms with Gasteiger partial charge in [0.05, 0.1) is 24.7 Å². The lowest BCUT2D eigenvalue weighted by molar-refractivity contribution is -0.119. The fourth-order valence-electron chi connectivity index (χ4n) is 3.55. The van der Waals surface area contributed by atoms with Crippen LogP contribution in [0.25, 0.3) is 0 Å². The molecular formula is C21H22N2O5S2. The fourth-order valence-corrected chi connectivity index (χ4v) is 7.52. The van der Waals surface area contributed by atoms with Crippen LogP contribution in [0.3, 0.4) is 0 Å². The topological polar surface area (TPSA) is 85.3 Å². The maximum atomic E-state index is 12.4. The Labute approximate surface area is 180 Å². The van der Waals surface area contributed by atoms with Gasteiger partial charge in [-0.3, -0.25) is 4.79 Å². The molecule has 2 fully saturated rings. The van der Waals surface area contributed by atoms with E-state index in [4.69, 9.17) is 9.47 Å². The van der Waals surface area contributed by atoms with Crippen molar-refractivity contribution in [3.63, 3.8) is 0 Å². The molecule has 0 aliphatic carbocycles. The minimum absolute atomic E-state index is 0.0779. The summed E-state index contributed by atoms with van der Waals surface area (Å²) >= 11 is 1.36. The van der Waals surface area contributed by atoms with Gasteiger partial charge < -0.3 is 14.4 Å². The second kappa shape index (κ2) is 8.69. The van der Waals surface area contributed by atoms with Gasteiger partial charge in [-0.25, -0.2) is 8.42 Å². The number of methoxy groups -OCH3 is 1. The number of hydrogen-bond donors (Lipinski definition) is 0. The first-order valence-corrected chi connectivity index (χ1v) is 12.2. The van der Waals surface area contributed by atoms with Gasteiger partial charge in [-0.1, -0.05) is 42.1 Å². The van der Waals surface area contributed by atoms with Crippen LogP contribution in [0, 0.1) is 0 Å². The van der Waals surface area contributed by atoms with Gasteiger partial charge in [-0.2, -0.15) is 4.99 Å². The van der Waals surface area contributed by atoms with E-state index in [0.717, 1.165) is 11.3 Å². The molecule has 2 aliphatic heterocycles. The zero-order chi connectivity index (χ0) is 21.1. The van der Waals surface area contributed by atoms with Gasteiger partial charge in [0.1, 0.15) is 11.5 Å². The molecule has 0 aromatic heterocycles. The Morgan fingerprint density at radius 2 is 1.83 bits per heavy atom. The highest BCUT2D eigenvalue weighted by Crippen LogP contribution is 2.39. The van der Waals surface area contributed by atoms with Gasteiger partial charge >= 0.3 is 0 Å². The Morgan fingerprint density at radius 3 is 2.53 bits per heavy atom. The van der Waals surface area contributed by atoms with E-state index in [1.807, 2.05) is 47.4 Å². The summed E-state index contributed by atoms with van der Waals surface area (Å²) < 4.78 is 34.9. The molecule has 9 heteroatoms. The van der Waals surface area contributed by atoms with Gasteiger partial charge in [-0.05, 0) is 29.8 Å². The minimum atomic E-state index is -3.09. The van der Waals surface area contributed by atoms with Gasteiger partial charge in [0, 0.05) is 11.8 Å². The van der Waals surface area contributed by atoms with Crippen LogP contribution in [-0.4, -0.2) is 60.9 Å². The molecule has 0 N–H and O–H groups in total. The number of fused-ring (bicyclic) bond motifs is 1. The van der Waals surface area contributed by atoms with Crippen molar-refractivity contribution in [1.29, 1.82) is 0 Å². The number of rotatable bonds is 6. The molecule has 0 unspecified atom stereocenters. The molecule has 0 spiro atoms. The Hall–Kier alpha value is -2.52. The van der Waals surface area contributed by atoms with E-state index in [1.54, 1.807) is 19.2 Å². The molecule has 4 rings (SSSR count). The Morgan fingerprint density at radius 1 is 1.10 bits per heavy atom. The summed E-state index contributed by atoms with van der Waals surface area (Å²) in [5, 5.41) is 0.437. The number of ether oxygens (including phenoxy) is 2. The van der Waals surface area contributed by atoms with E-state index in [-0.39, 0.29) is 29.4 Å². The zero-order valence-electron chi connectivity index (χ0n) is 16.4. The number of aliphatic imine (C=N–C) groups is 1. The lowest BCUT2D eigenvalue weighted by atomic mass is 10.1. The Bertz CT molecular complexity index is 1040. The smallest absolute Gasteiger partial charge is 0.285 e. The predicted molar refractivity (Wildman–Crippen MR) is 117 cm³/mol. The van der Waals surface area contributed by atoms with Crippen molar-refractivity contribution < 1.29 is 22.7 Å². The normalized spacial score (nSPS) is 23.4. The van der Waals surface area contributed by atoms with Crippen molar-refractivity contribution in [3.8, 4) is 11.5 Å². The molecule has 7 nitrogen and oxygen atoms in total. The molecule has 0 radical (unpaired) electrons. The molecule has 2 heterocycles. The quantitative estimate of drug-likeness (QED) is 0.673. The first-order chi connectivity index (χ1) is 14.4. The summed E-state index contributed by atoms with van der Waals surface area (Å²) in [5.74, 6) is 1.13. The lowest BCUT2D eigenvalue weighted by Crippen LogP contribution is -2.37. The van der Waals surface area contributed by atoms with Crippen molar-refractivity contribution in [2.75, 3.05) is 25.2 Å². The number of nitrogens with zero attached hydrogens (tertiary/aromatic N) is 2. The number of sulfone groups is 1. The van der Waals surface area contributed by atoms with E-state index in [9.17, 15) is 13.2 Å². The van der Waals surface area contributed by atoms with Crippen LogP contribution < -0.4 is 9.47 Å². The highest BCUT2D eigenvalue weighted by atomic mass is 32.2. The summed E-state index contributed by atoms with van der Waals surface area (Å²) in [6.45, 7) is 0.303. The molecular weight excluding hydrogens is 424 g/mol. The van der Waals surface area contributed by atoms with Crippen LogP contribution >= 0.6 is 11.8 Å². The number of amides is 1. The van der Waals surface area contributed by atoms with Gasteiger partial charge in [0.2, 0.25) is 0 Å². The molecule has 1 amide bonds. The standard InChI is InChI=1S/C21H22N2O5S2/c1-27-16-9-7-15(8-10-16)11-23-18-13-30(25,26)14-19(18)29-21(23)22-20(24)12-28-17-5-3-2-4-6-17/h2-10,18-19H,11-14H2,1H3/t18-,19-/m1/s1. The van der Waals surface area contributed by atoms with Crippen molar-refractivity contribution in [3.05, 3.63) is 60.2 Å². The van der Waals surface area contributed by atoms with Crippen LogP contribution in [0.5, 0.6) is 11.5 Å². The van der Waals surface area contributed by atoms with Crippen molar-refractivity contribution >= 4 is 32.7 Å². The minimum Gasteiger partial charge on any atom is -0.497 e. The monoisotopic (exact) mass is 446 g/mol. The van der Waals surface area contributed by atoms with Crippen molar-refractivity contribution in [2.24, 2.45) is 4.99 Å². The molecule has 2 aliphatic rings. The summed E-state index contributed by atoms with van der Waals surface area (Å²) in [7, 11) is -1.48. The van der Waals surface area contributed by atoms with E-state index in [0.29, 0.717) is 17.5 Å². The zero-order valence-corrected chi connectivity index (χ0v) is 18.1. The van der Waals surface area contributed by atoms with Crippen LogP contribution in [0.2, 0.25) is 0 Å².